The van der Waals surface area contributed by atoms with E-state index in [1.54, 1.807) is 24.3 Å². The molecule has 1 amide bonds. The zero-order valence-corrected chi connectivity index (χ0v) is 27.3. The first-order valence-corrected chi connectivity index (χ1v) is 16.7. The molecule has 4 aliphatic heterocycles. The monoisotopic (exact) mass is 658 g/mol. The number of amides is 1. The molecule has 0 spiro atoms. The summed E-state index contributed by atoms with van der Waals surface area (Å²) in [6.45, 7) is 12.0. The van der Waals surface area contributed by atoms with E-state index in [1.807, 2.05) is 18.2 Å². The Morgan fingerprint density at radius 1 is 0.979 bits per heavy atom. The van der Waals surface area contributed by atoms with E-state index in [1.165, 1.54) is 24.5 Å². The van der Waals surface area contributed by atoms with Crippen LogP contribution < -0.4 is 25.3 Å². The first-order valence-electron chi connectivity index (χ1n) is 16.7. The molecule has 2 N–H and O–H groups in total. The average Bonchev–Trinajstić information content (AvgIpc) is 3.59. The van der Waals surface area contributed by atoms with Crippen LogP contribution in [0.25, 0.3) is 0 Å². The molecule has 48 heavy (non-hydrogen) atoms. The van der Waals surface area contributed by atoms with Crippen molar-refractivity contribution in [3.63, 3.8) is 0 Å². The second-order valence-electron chi connectivity index (χ2n) is 12.6. The molecule has 1 unspecified atom stereocenters. The Morgan fingerprint density at radius 2 is 1.75 bits per heavy atom. The molecule has 4 aliphatic rings. The van der Waals surface area contributed by atoms with Crippen molar-refractivity contribution in [3.8, 4) is 5.75 Å². The average molecular weight is 659 g/mol. The van der Waals surface area contributed by atoms with Crippen LogP contribution in [0.3, 0.4) is 0 Å². The van der Waals surface area contributed by atoms with Crippen molar-refractivity contribution >= 4 is 34.6 Å². The molecule has 0 saturated carbocycles. The first kappa shape index (κ1) is 32.3. The molecule has 0 aliphatic carbocycles. The molecule has 13 heteroatoms. The second-order valence-corrected chi connectivity index (χ2v) is 12.6. The van der Waals surface area contributed by atoms with Gasteiger partial charge in [0.1, 0.15) is 23.7 Å². The maximum Gasteiger partial charge on any atom is 0.247 e. The minimum atomic E-state index is -0.295. The predicted octanol–water partition coefficient (Wildman–Crippen LogP) is 4.36. The Hall–Kier alpha value is -4.30. The highest BCUT2D eigenvalue weighted by Gasteiger charge is 2.33. The van der Waals surface area contributed by atoms with E-state index < -0.39 is 0 Å². The summed E-state index contributed by atoms with van der Waals surface area (Å²) in [6.07, 6.45) is 5.51. The molecule has 0 radical (unpaired) electrons. The van der Waals surface area contributed by atoms with Gasteiger partial charge in [0.15, 0.2) is 5.82 Å². The van der Waals surface area contributed by atoms with Crippen LogP contribution in [-0.2, 0) is 14.4 Å². The van der Waals surface area contributed by atoms with Gasteiger partial charge in [-0.15, -0.1) is 0 Å². The fourth-order valence-corrected chi connectivity index (χ4v) is 7.14. The first-order chi connectivity index (χ1) is 23.5. The molecular formula is C35H43FN8O4. The van der Waals surface area contributed by atoms with Gasteiger partial charge in [-0.1, -0.05) is 18.7 Å². The van der Waals surface area contributed by atoms with Crippen LogP contribution in [0.15, 0.2) is 61.4 Å². The van der Waals surface area contributed by atoms with Crippen molar-refractivity contribution in [3.05, 3.63) is 72.8 Å². The smallest absolute Gasteiger partial charge is 0.247 e. The van der Waals surface area contributed by atoms with Crippen LogP contribution in [0.5, 0.6) is 5.75 Å². The number of ether oxygens (including phenoxy) is 2. The number of rotatable bonds is 10. The molecule has 5 heterocycles. The van der Waals surface area contributed by atoms with E-state index in [-0.39, 0.29) is 17.8 Å². The molecule has 1 atom stereocenters. The lowest BCUT2D eigenvalue weighted by Gasteiger charge is -2.46. The van der Waals surface area contributed by atoms with Gasteiger partial charge in [-0.2, -0.15) is 0 Å². The summed E-state index contributed by atoms with van der Waals surface area (Å²) < 4.78 is 25.3. The van der Waals surface area contributed by atoms with Crippen molar-refractivity contribution in [2.75, 3.05) is 86.8 Å². The number of carbonyl (C=O) groups excluding carboxylic acids is 1. The number of piperazine rings is 1. The molecule has 7 rings (SSSR count). The lowest BCUT2D eigenvalue weighted by atomic mass is 10.0. The van der Waals surface area contributed by atoms with Gasteiger partial charge in [-0.05, 0) is 42.7 Å². The summed E-state index contributed by atoms with van der Waals surface area (Å²) in [5.41, 5.74) is 2.99. The van der Waals surface area contributed by atoms with Gasteiger partial charge in [-0.25, -0.2) is 19.4 Å². The lowest BCUT2D eigenvalue weighted by Crippen LogP contribution is -2.59. The number of hydroxylamine groups is 1. The molecule has 1 aromatic heterocycles. The molecule has 4 saturated heterocycles. The lowest BCUT2D eigenvalue weighted by molar-refractivity contribution is -0.111. The molecule has 254 valence electrons. The Morgan fingerprint density at radius 3 is 2.44 bits per heavy atom. The summed E-state index contributed by atoms with van der Waals surface area (Å²) in [5.74, 6) is 1.06. The number of piperidine rings is 1. The van der Waals surface area contributed by atoms with Crippen LogP contribution in [0, 0.1) is 5.82 Å². The molecule has 2 aromatic carbocycles. The van der Waals surface area contributed by atoms with Crippen LogP contribution in [0.4, 0.5) is 33.1 Å². The Kier molecular flexibility index (Phi) is 9.71. The predicted molar refractivity (Wildman–Crippen MR) is 182 cm³/mol. The van der Waals surface area contributed by atoms with Gasteiger partial charge in [0, 0.05) is 63.9 Å². The van der Waals surface area contributed by atoms with E-state index in [0.29, 0.717) is 53.9 Å². The third kappa shape index (κ3) is 6.95. The summed E-state index contributed by atoms with van der Waals surface area (Å²) in [7, 11) is 1.63. The number of anilines is 5. The van der Waals surface area contributed by atoms with Crippen molar-refractivity contribution in [2.24, 2.45) is 0 Å². The number of nitrogens with one attached hydrogen (secondary N) is 2. The zero-order chi connectivity index (χ0) is 33.0. The normalized spacial score (nSPS) is 21.2. The third-order valence-corrected chi connectivity index (χ3v) is 9.85. The van der Waals surface area contributed by atoms with Crippen LogP contribution in [0.1, 0.15) is 30.9 Å². The number of benzene rings is 2. The van der Waals surface area contributed by atoms with Gasteiger partial charge in [-0.3, -0.25) is 19.4 Å². The SMILES string of the molecule is C=CC(=O)Nc1cc(Nc2cc(N3OCCC3c3cccc(F)c3)ncn2)c(OC)cc1N1CCC(N2CCN(C3COC3)CC2)CC1. The highest BCUT2D eigenvalue weighted by molar-refractivity contribution is 6.02. The number of nitrogens with zero attached hydrogens (tertiary/aromatic N) is 6. The van der Waals surface area contributed by atoms with Crippen LogP contribution >= 0.6 is 0 Å². The maximum absolute atomic E-state index is 14.0. The Balaban J connectivity index is 1.07. The van der Waals surface area contributed by atoms with E-state index in [4.69, 9.17) is 14.3 Å². The molecule has 3 aromatic rings. The number of halogens is 1. The third-order valence-electron chi connectivity index (χ3n) is 9.85. The van der Waals surface area contributed by atoms with Gasteiger partial charge >= 0.3 is 0 Å². The van der Waals surface area contributed by atoms with Crippen molar-refractivity contribution < 1.29 is 23.5 Å². The second kappa shape index (κ2) is 14.4. The fraction of sp³-hybridized carbons (Fsp3) is 0.457. The molecule has 4 fully saturated rings. The largest absolute Gasteiger partial charge is 0.494 e. The number of aromatic nitrogens is 2. The fourth-order valence-electron chi connectivity index (χ4n) is 7.14. The summed E-state index contributed by atoms with van der Waals surface area (Å²) in [6, 6.07) is 13.1. The summed E-state index contributed by atoms with van der Waals surface area (Å²) in [5, 5.41) is 8.06. The van der Waals surface area contributed by atoms with Gasteiger partial charge in [0.2, 0.25) is 5.91 Å². The molecule has 12 nitrogen and oxygen atoms in total. The summed E-state index contributed by atoms with van der Waals surface area (Å²) >= 11 is 0. The molecular weight excluding hydrogens is 615 g/mol. The Bertz CT molecular complexity index is 1610. The van der Waals surface area contributed by atoms with Gasteiger partial charge < -0.3 is 25.0 Å². The van der Waals surface area contributed by atoms with Crippen LogP contribution in [0.2, 0.25) is 0 Å². The highest BCUT2D eigenvalue weighted by atomic mass is 19.1. The minimum absolute atomic E-state index is 0.186. The number of hydrogen-bond donors (Lipinski definition) is 2. The highest BCUT2D eigenvalue weighted by Crippen LogP contribution is 2.40. The van der Waals surface area contributed by atoms with E-state index in [2.05, 4.69) is 41.9 Å². The van der Waals surface area contributed by atoms with Crippen LogP contribution in [-0.4, -0.2) is 104 Å². The molecule has 0 bridgehead atoms. The maximum atomic E-state index is 14.0. The standard InChI is InChI=1S/C35H43FN8O4/c1-3-35(45)40-28-18-29(39-33-20-34(38-23-37-33)44-30(9-16-48-44)24-5-4-6-25(36)17-24)32(46-2)19-31(28)43-10-7-26(8-11-43)41-12-14-42(15-13-41)27-21-47-22-27/h3-6,17-20,23,26-27,30H,1,7-16,21-22H2,2H3,(H,40,45)(H,37,38,39). The van der Waals surface area contributed by atoms with E-state index in [0.717, 1.165) is 76.6 Å². The number of methoxy groups -OCH3 is 1. The Labute approximate surface area is 280 Å². The minimum Gasteiger partial charge on any atom is -0.494 e. The number of hydrogen-bond acceptors (Lipinski definition) is 11. The number of carbonyl (C=O) groups is 1. The quantitative estimate of drug-likeness (QED) is 0.304. The zero-order valence-electron chi connectivity index (χ0n) is 27.3. The van der Waals surface area contributed by atoms with Crippen molar-refractivity contribution in [1.82, 2.24) is 19.8 Å². The summed E-state index contributed by atoms with van der Waals surface area (Å²) in [4.78, 5) is 34.9. The van der Waals surface area contributed by atoms with Gasteiger partial charge in [0.05, 0.1) is 56.1 Å². The topological polar surface area (TPSA) is 108 Å². The van der Waals surface area contributed by atoms with E-state index in [9.17, 15) is 9.18 Å². The van der Waals surface area contributed by atoms with Crippen molar-refractivity contribution in [2.45, 2.75) is 37.4 Å². The van der Waals surface area contributed by atoms with Crippen molar-refractivity contribution in [1.29, 1.82) is 0 Å². The van der Waals surface area contributed by atoms with E-state index >= 15 is 0 Å². The van der Waals surface area contributed by atoms with Gasteiger partial charge in [0.25, 0.3) is 0 Å².